The first-order valence-corrected chi connectivity index (χ1v) is 5.61. The van der Waals surface area contributed by atoms with Gasteiger partial charge in [0.25, 0.3) is 0 Å². The number of aromatic nitrogens is 2. The van der Waals surface area contributed by atoms with Gasteiger partial charge in [-0.2, -0.15) is 10.4 Å². The number of nitrogens with one attached hydrogen (secondary N) is 1. The van der Waals surface area contributed by atoms with E-state index in [4.69, 9.17) is 5.26 Å². The quantitative estimate of drug-likeness (QED) is 0.750. The van der Waals surface area contributed by atoms with Crippen LogP contribution in [0.15, 0.2) is 0 Å². The molecular formula is C11H14N4. The molecule has 0 aromatic carbocycles. The molecule has 3 rings (SSSR count). The Labute approximate surface area is 88.9 Å². The fourth-order valence-electron chi connectivity index (χ4n) is 2.72. The van der Waals surface area contributed by atoms with Crippen LogP contribution in [0, 0.1) is 11.3 Å². The molecule has 1 aliphatic heterocycles. The number of hydrogen-bond acceptors (Lipinski definition) is 3. The average molecular weight is 202 g/mol. The summed E-state index contributed by atoms with van der Waals surface area (Å²) in [6.45, 7) is 1.69. The van der Waals surface area contributed by atoms with E-state index in [-0.39, 0.29) is 0 Å². The number of nitrogens with zero attached hydrogens (tertiary/aromatic N) is 3. The van der Waals surface area contributed by atoms with Crippen molar-refractivity contribution in [3.05, 3.63) is 17.0 Å². The predicted octanol–water partition coefficient (Wildman–Crippen LogP) is 1.47. The molecule has 0 radical (unpaired) electrons. The van der Waals surface area contributed by atoms with Crippen molar-refractivity contribution in [1.82, 2.24) is 15.1 Å². The smallest absolute Gasteiger partial charge is 0.167 e. The van der Waals surface area contributed by atoms with E-state index < -0.39 is 0 Å². The Balaban J connectivity index is 2.04. The van der Waals surface area contributed by atoms with Crippen molar-refractivity contribution < 1.29 is 0 Å². The second-order valence-corrected chi connectivity index (χ2v) is 4.37. The van der Waals surface area contributed by atoms with Gasteiger partial charge in [-0.05, 0) is 12.8 Å². The third-order valence-corrected chi connectivity index (χ3v) is 3.49. The number of hydrogen-bond donors (Lipinski definition) is 1. The van der Waals surface area contributed by atoms with Crippen LogP contribution in [0.5, 0.6) is 0 Å². The fraction of sp³-hybridized carbons (Fsp3) is 0.636. The van der Waals surface area contributed by atoms with Gasteiger partial charge in [0.2, 0.25) is 0 Å². The topological polar surface area (TPSA) is 53.6 Å². The second-order valence-electron chi connectivity index (χ2n) is 4.37. The maximum Gasteiger partial charge on any atom is 0.167 e. The number of fused-ring (bicyclic) bond motifs is 1. The third kappa shape index (κ3) is 1.27. The van der Waals surface area contributed by atoms with E-state index in [2.05, 4.69) is 21.2 Å². The first kappa shape index (κ1) is 8.93. The van der Waals surface area contributed by atoms with Crippen molar-refractivity contribution in [1.29, 1.82) is 5.26 Å². The summed E-state index contributed by atoms with van der Waals surface area (Å²) in [7, 11) is 0. The monoisotopic (exact) mass is 202 g/mol. The molecule has 0 atom stereocenters. The summed E-state index contributed by atoms with van der Waals surface area (Å²) in [6, 6.07) is 2.74. The van der Waals surface area contributed by atoms with Crippen molar-refractivity contribution in [3.8, 4) is 6.07 Å². The van der Waals surface area contributed by atoms with Gasteiger partial charge in [0.15, 0.2) is 5.69 Å². The Morgan fingerprint density at radius 3 is 2.87 bits per heavy atom. The van der Waals surface area contributed by atoms with Crippen LogP contribution in [0.4, 0.5) is 0 Å². The van der Waals surface area contributed by atoms with Gasteiger partial charge in [0, 0.05) is 18.7 Å². The van der Waals surface area contributed by atoms with Crippen LogP contribution in [0.1, 0.15) is 48.7 Å². The standard InChI is InChI=1S/C11H14N4/c12-5-10-9-6-13-7-11(9)15(14-10)8-3-1-2-4-8/h8,13H,1-4,6-7H2. The molecule has 0 spiro atoms. The molecule has 0 unspecified atom stereocenters. The highest BCUT2D eigenvalue weighted by Gasteiger charge is 2.27. The van der Waals surface area contributed by atoms with E-state index in [9.17, 15) is 0 Å². The van der Waals surface area contributed by atoms with E-state index in [0.717, 1.165) is 18.7 Å². The van der Waals surface area contributed by atoms with Crippen LogP contribution in [-0.4, -0.2) is 9.78 Å². The van der Waals surface area contributed by atoms with Gasteiger partial charge in [0.1, 0.15) is 6.07 Å². The molecule has 2 heterocycles. The van der Waals surface area contributed by atoms with Crippen LogP contribution in [0.3, 0.4) is 0 Å². The minimum Gasteiger partial charge on any atom is -0.307 e. The molecular weight excluding hydrogens is 188 g/mol. The summed E-state index contributed by atoms with van der Waals surface area (Å²) in [5, 5.41) is 16.7. The highest BCUT2D eigenvalue weighted by molar-refractivity contribution is 5.37. The lowest BCUT2D eigenvalue weighted by atomic mass is 10.2. The van der Waals surface area contributed by atoms with Crippen LogP contribution < -0.4 is 5.32 Å². The first-order chi connectivity index (χ1) is 7.40. The molecule has 0 bridgehead atoms. The summed E-state index contributed by atoms with van der Waals surface area (Å²) in [4.78, 5) is 0. The number of rotatable bonds is 1. The van der Waals surface area contributed by atoms with Crippen molar-refractivity contribution >= 4 is 0 Å². The molecule has 1 N–H and O–H groups in total. The zero-order valence-corrected chi connectivity index (χ0v) is 8.66. The van der Waals surface area contributed by atoms with E-state index in [0.29, 0.717) is 11.7 Å². The van der Waals surface area contributed by atoms with Gasteiger partial charge in [-0.1, -0.05) is 12.8 Å². The van der Waals surface area contributed by atoms with Crippen molar-refractivity contribution in [2.45, 2.75) is 44.8 Å². The van der Waals surface area contributed by atoms with Crippen molar-refractivity contribution in [3.63, 3.8) is 0 Å². The van der Waals surface area contributed by atoms with Crippen molar-refractivity contribution in [2.24, 2.45) is 0 Å². The van der Waals surface area contributed by atoms with E-state index in [1.165, 1.54) is 31.4 Å². The van der Waals surface area contributed by atoms with Gasteiger partial charge in [-0.3, -0.25) is 4.68 Å². The van der Waals surface area contributed by atoms with Gasteiger partial charge in [0.05, 0.1) is 11.7 Å². The molecule has 1 aromatic rings. The molecule has 1 fully saturated rings. The lowest BCUT2D eigenvalue weighted by molar-refractivity contribution is 0.446. The van der Waals surface area contributed by atoms with Crippen LogP contribution >= 0.6 is 0 Å². The van der Waals surface area contributed by atoms with E-state index in [1.807, 2.05) is 0 Å². The van der Waals surface area contributed by atoms with Crippen LogP contribution in [0.2, 0.25) is 0 Å². The minimum atomic E-state index is 0.542. The lowest BCUT2D eigenvalue weighted by Gasteiger charge is -2.12. The first-order valence-electron chi connectivity index (χ1n) is 5.61. The van der Waals surface area contributed by atoms with Crippen LogP contribution in [-0.2, 0) is 13.1 Å². The summed E-state index contributed by atoms with van der Waals surface area (Å²) >= 11 is 0. The molecule has 4 nitrogen and oxygen atoms in total. The third-order valence-electron chi connectivity index (χ3n) is 3.49. The number of nitriles is 1. The summed E-state index contributed by atoms with van der Waals surface area (Å²) in [5.74, 6) is 0. The zero-order chi connectivity index (χ0) is 10.3. The van der Waals surface area contributed by atoms with Gasteiger partial charge in [-0.25, -0.2) is 0 Å². The molecule has 1 aliphatic carbocycles. The average Bonchev–Trinajstić information content (AvgIpc) is 2.94. The van der Waals surface area contributed by atoms with E-state index >= 15 is 0 Å². The Kier molecular flexibility index (Phi) is 2.00. The zero-order valence-electron chi connectivity index (χ0n) is 8.66. The molecule has 2 aliphatic rings. The second kappa shape index (κ2) is 3.35. The molecule has 0 amide bonds. The minimum absolute atomic E-state index is 0.542. The summed E-state index contributed by atoms with van der Waals surface area (Å²) in [6.07, 6.45) is 5.04. The maximum absolute atomic E-state index is 9.00. The lowest BCUT2D eigenvalue weighted by Crippen LogP contribution is -2.13. The van der Waals surface area contributed by atoms with E-state index in [1.54, 1.807) is 0 Å². The predicted molar refractivity (Wildman–Crippen MR) is 55.0 cm³/mol. The summed E-state index contributed by atoms with van der Waals surface area (Å²) in [5.41, 5.74) is 3.00. The van der Waals surface area contributed by atoms with Gasteiger partial charge < -0.3 is 5.32 Å². The molecule has 0 saturated heterocycles. The summed E-state index contributed by atoms with van der Waals surface area (Å²) < 4.78 is 2.11. The Morgan fingerprint density at radius 1 is 1.33 bits per heavy atom. The van der Waals surface area contributed by atoms with Crippen LogP contribution in [0.25, 0.3) is 0 Å². The SMILES string of the molecule is N#Cc1nn(C2CCCC2)c2c1CNC2. The normalized spacial score (nSPS) is 20.5. The van der Waals surface area contributed by atoms with Gasteiger partial charge in [-0.15, -0.1) is 0 Å². The Morgan fingerprint density at radius 2 is 2.13 bits per heavy atom. The highest BCUT2D eigenvalue weighted by Crippen LogP contribution is 2.32. The van der Waals surface area contributed by atoms with Gasteiger partial charge >= 0.3 is 0 Å². The fourth-order valence-corrected chi connectivity index (χ4v) is 2.72. The highest BCUT2D eigenvalue weighted by atomic mass is 15.3. The molecule has 15 heavy (non-hydrogen) atoms. The molecule has 78 valence electrons. The Hall–Kier alpha value is -1.34. The maximum atomic E-state index is 9.00. The molecule has 1 saturated carbocycles. The molecule has 4 heteroatoms. The van der Waals surface area contributed by atoms with Crippen molar-refractivity contribution in [2.75, 3.05) is 0 Å². The Bertz CT molecular complexity index is 421. The molecule has 1 aromatic heterocycles. The largest absolute Gasteiger partial charge is 0.307 e.